The lowest BCUT2D eigenvalue weighted by atomic mass is 9.98. The summed E-state index contributed by atoms with van der Waals surface area (Å²) in [7, 11) is 0. The number of nitrogens with one attached hydrogen (secondary N) is 1. The quantitative estimate of drug-likeness (QED) is 0.0381. The fourth-order valence-electron chi connectivity index (χ4n) is 11.4. The maximum Gasteiger partial charge on any atom is 0.410 e. The fraction of sp³-hybridized carbons (Fsp3) is 0.446. The lowest BCUT2D eigenvalue weighted by Crippen LogP contribution is -2.53. The number of anilines is 1. The first-order chi connectivity index (χ1) is 47.6. The summed E-state index contributed by atoms with van der Waals surface area (Å²) in [6, 6.07) is 35.0. The van der Waals surface area contributed by atoms with Gasteiger partial charge in [0.05, 0.1) is 39.0 Å². The lowest BCUT2D eigenvalue weighted by Gasteiger charge is -2.36. The molecule has 2 aromatic heterocycles. The Morgan fingerprint density at radius 1 is 0.485 bits per heavy atom. The average molecular weight is 1410 g/mol. The van der Waals surface area contributed by atoms with Gasteiger partial charge in [-0.05, 0) is 121 Å². The third-order valence-electron chi connectivity index (χ3n) is 16.3. The van der Waals surface area contributed by atoms with Crippen molar-refractivity contribution in [3.8, 4) is 34.3 Å². The summed E-state index contributed by atoms with van der Waals surface area (Å²) >= 11 is 6.18. The van der Waals surface area contributed by atoms with Crippen molar-refractivity contribution in [2.24, 2.45) is 0 Å². The Morgan fingerprint density at radius 2 is 0.861 bits per heavy atom. The molecule has 0 spiro atoms. The van der Waals surface area contributed by atoms with E-state index in [0.29, 0.717) is 99.2 Å². The van der Waals surface area contributed by atoms with Crippen molar-refractivity contribution in [1.82, 2.24) is 44.9 Å². The summed E-state index contributed by atoms with van der Waals surface area (Å²) in [5, 5.41) is 84.4. The molecule has 0 saturated carbocycles. The number of hydrogen-bond donors (Lipinski definition) is 9. The number of benzene rings is 5. The van der Waals surface area contributed by atoms with E-state index in [2.05, 4.69) is 20.2 Å². The number of carbonyl (C=O) groups is 7. The van der Waals surface area contributed by atoms with Gasteiger partial charge in [0.25, 0.3) is 17.7 Å². The molecule has 0 bridgehead atoms. The first kappa shape index (κ1) is 79.2. The molecular weight excluding hydrogens is 1320 g/mol. The van der Waals surface area contributed by atoms with Gasteiger partial charge in [-0.2, -0.15) is 0 Å². The molecule has 10 rings (SSSR count). The molecule has 7 aromatic rings. The third kappa shape index (κ3) is 24.6. The number of ether oxygens (including phenoxy) is 1. The van der Waals surface area contributed by atoms with Crippen molar-refractivity contribution in [3.05, 3.63) is 137 Å². The predicted octanol–water partition coefficient (Wildman–Crippen LogP) is 6.25. The second-order valence-corrected chi connectivity index (χ2v) is 27.6. The number of para-hydroxylation sites is 2. The molecule has 101 heavy (non-hydrogen) atoms. The molecule has 0 radical (unpaired) electrons. The minimum Gasteiger partial charge on any atom is -0.507 e. The fourth-order valence-corrected chi connectivity index (χ4v) is 11.6. The zero-order valence-corrected chi connectivity index (χ0v) is 59.1. The smallest absolute Gasteiger partial charge is 0.410 e. The monoisotopic (exact) mass is 1410 g/mol. The number of amides is 4. The number of halogens is 1. The Morgan fingerprint density at radius 3 is 1.30 bits per heavy atom. The maximum atomic E-state index is 12.8. The Balaban J connectivity index is 0.000000197. The number of piperazine rings is 3. The van der Waals surface area contributed by atoms with Gasteiger partial charge >= 0.3 is 6.09 Å². The van der Waals surface area contributed by atoms with Crippen LogP contribution in [0.25, 0.3) is 44.6 Å². The molecule has 26 nitrogen and oxygen atoms in total. The van der Waals surface area contributed by atoms with Crippen LogP contribution in [0.5, 0.6) is 11.5 Å². The number of rotatable bonds is 20. The first-order valence-corrected chi connectivity index (χ1v) is 33.8. The molecule has 3 saturated heterocycles. The molecule has 3 aliphatic rings. The molecule has 5 heterocycles. The number of aliphatic hydroxyl groups excluding tert-OH is 3. The number of nitrogens with zero attached hydrogens (tertiary/aromatic N) is 9. The Kier molecular flexibility index (Phi) is 28.2. The van der Waals surface area contributed by atoms with Gasteiger partial charge in [-0.1, -0.05) is 78.3 Å². The van der Waals surface area contributed by atoms with E-state index in [9.17, 15) is 74.4 Å². The van der Waals surface area contributed by atoms with E-state index in [1.807, 2.05) is 92.7 Å². The number of ketones is 3. The number of aryl methyl sites for hydroxylation is 2. The lowest BCUT2D eigenvalue weighted by molar-refractivity contribution is -0.145. The molecule has 5 aromatic carbocycles. The summed E-state index contributed by atoms with van der Waals surface area (Å²) in [5.41, 5.74) is 2.24. The number of aliphatic hydroxyl groups is 6. The van der Waals surface area contributed by atoms with Crippen LogP contribution in [-0.4, -0.2) is 235 Å². The van der Waals surface area contributed by atoms with Crippen molar-refractivity contribution < 1.29 is 79.2 Å². The van der Waals surface area contributed by atoms with Crippen LogP contribution in [-0.2, 0) is 40.1 Å². The van der Waals surface area contributed by atoms with Crippen LogP contribution in [0.3, 0.4) is 0 Å². The topological polar surface area (TPSA) is 370 Å². The standard InChI is InChI=1S/C27H32N4O5.C20H28N2O6.C15H11ClN2O.C12H22N2O4/c1-17-8-9-19-21(14-17)28-24(20-6-4-5-7-22(20)33)29-25(19)30-10-12-31(13-11-30)26(35)23(34)15-18(32)16-27(2,3)36;1-20(2,27)13-16(23)12-17(24)18(25)21-8-10-22(11-9-21)19(26)28-14-15-6-4-3-5-7-15;1-9-6-7-10-12(8-9)17-15(18-14(10)16)11-4-2-3-5-13(11)19;1-12(2,18)8-9(15)7-10(16)11(17)14-5-3-13-4-6-14/h4-9,14,23,33-34,36H,10-13,15-16H2,1-3H3;3-7,17,24,27H,8-14H2,1-2H3;2-8,19H,1H3;10,13,16,18H,3-8H2,1-2H3/t23-;17-;;10-/m11.1/s1. The molecular formula is C74H93ClN10O16. The summed E-state index contributed by atoms with van der Waals surface area (Å²) in [5.74, 6) is -0.673. The summed E-state index contributed by atoms with van der Waals surface area (Å²) in [4.78, 5) is 111. The molecule has 3 atom stereocenters. The normalized spacial score (nSPS) is 15.2. The van der Waals surface area contributed by atoms with Crippen LogP contribution >= 0.6 is 11.6 Å². The predicted molar refractivity (Wildman–Crippen MR) is 380 cm³/mol. The highest BCUT2D eigenvalue weighted by molar-refractivity contribution is 6.34. The number of aromatic nitrogens is 4. The zero-order chi connectivity index (χ0) is 73.9. The van der Waals surface area contributed by atoms with Crippen molar-refractivity contribution >= 4 is 80.4 Å². The van der Waals surface area contributed by atoms with Crippen LogP contribution < -0.4 is 10.2 Å². The van der Waals surface area contributed by atoms with E-state index in [-0.39, 0.29) is 87.1 Å². The van der Waals surface area contributed by atoms with Crippen molar-refractivity contribution in [3.63, 3.8) is 0 Å². The molecule has 9 N–H and O–H groups in total. The van der Waals surface area contributed by atoms with Gasteiger partial charge in [0.1, 0.15) is 64.7 Å². The van der Waals surface area contributed by atoms with E-state index in [1.54, 1.807) is 46.2 Å². The van der Waals surface area contributed by atoms with E-state index >= 15 is 0 Å². The Bertz CT molecular complexity index is 4010. The number of Topliss-reactive ketones (excluding diaryl/α,β-unsaturated/α-hetero) is 3. The number of hydrogen-bond acceptors (Lipinski definition) is 22. The van der Waals surface area contributed by atoms with Crippen LogP contribution in [0.2, 0.25) is 5.15 Å². The minimum atomic E-state index is -1.44. The average Bonchev–Trinajstić information content (AvgIpc) is 0.777. The highest BCUT2D eigenvalue weighted by Crippen LogP contribution is 2.34. The highest BCUT2D eigenvalue weighted by Gasteiger charge is 2.34. The molecule has 542 valence electrons. The number of phenols is 2. The maximum absolute atomic E-state index is 12.8. The highest BCUT2D eigenvalue weighted by atomic mass is 35.5. The number of carbonyl (C=O) groups excluding carboxylic acids is 7. The van der Waals surface area contributed by atoms with Gasteiger partial charge in [0, 0.05) is 128 Å². The summed E-state index contributed by atoms with van der Waals surface area (Å²) < 4.78 is 5.28. The van der Waals surface area contributed by atoms with Gasteiger partial charge in [-0.15, -0.1) is 0 Å². The van der Waals surface area contributed by atoms with E-state index < -0.39 is 58.9 Å². The molecule has 4 amide bonds. The molecule has 0 aliphatic carbocycles. The minimum absolute atomic E-state index is 0.0567. The summed E-state index contributed by atoms with van der Waals surface area (Å²) in [6.45, 7) is 18.5. The zero-order valence-electron chi connectivity index (χ0n) is 58.4. The van der Waals surface area contributed by atoms with Gasteiger partial charge in [-0.3, -0.25) is 28.8 Å². The van der Waals surface area contributed by atoms with Crippen molar-refractivity contribution in [2.75, 3.05) is 83.4 Å². The molecule has 0 unspecified atom stereocenters. The number of aromatic hydroxyl groups is 2. The largest absolute Gasteiger partial charge is 0.507 e. The molecule has 3 aliphatic heterocycles. The van der Waals surface area contributed by atoms with Gasteiger partial charge < -0.3 is 75.4 Å². The molecule has 27 heteroatoms. The van der Waals surface area contributed by atoms with E-state index in [4.69, 9.17) is 26.3 Å². The Hall–Kier alpha value is -9.12. The number of phenolic OH excluding ortho intramolecular Hbond substituents is 2. The number of fused-ring (bicyclic) bond motifs is 2. The van der Waals surface area contributed by atoms with Crippen molar-refractivity contribution in [1.29, 1.82) is 0 Å². The van der Waals surface area contributed by atoms with Crippen molar-refractivity contribution in [2.45, 2.75) is 136 Å². The van der Waals surface area contributed by atoms with E-state index in [1.165, 1.54) is 51.3 Å². The second kappa shape index (κ2) is 36.0. The van der Waals surface area contributed by atoms with Gasteiger partial charge in [-0.25, -0.2) is 24.7 Å². The molecule has 3 fully saturated rings. The third-order valence-corrected chi connectivity index (χ3v) is 16.6. The van der Waals surface area contributed by atoms with Gasteiger partial charge in [0.15, 0.2) is 11.6 Å². The van der Waals surface area contributed by atoms with Gasteiger partial charge in [0.2, 0.25) is 0 Å². The van der Waals surface area contributed by atoms with Crippen LogP contribution in [0, 0.1) is 13.8 Å². The summed E-state index contributed by atoms with van der Waals surface area (Å²) in [6.07, 6.45) is -5.79. The Labute approximate surface area is 592 Å². The van der Waals surface area contributed by atoms with Crippen LogP contribution in [0.15, 0.2) is 115 Å². The van der Waals surface area contributed by atoms with Crippen LogP contribution in [0.4, 0.5) is 10.6 Å². The first-order valence-electron chi connectivity index (χ1n) is 33.4. The van der Waals surface area contributed by atoms with Crippen LogP contribution in [0.1, 0.15) is 96.8 Å². The second-order valence-electron chi connectivity index (χ2n) is 27.3. The van der Waals surface area contributed by atoms with E-state index in [0.717, 1.165) is 38.5 Å². The SMILES string of the molecule is CC(C)(O)CC(=O)C[C@@H](O)C(=O)N1CCN(C(=O)OCc2ccccc2)CC1.CC(C)(O)CC(=O)C[C@@H](O)C(=O)N1CCNCC1.Cc1ccc2c(Cl)nc(-c3ccccc3O)nc2c1.Cc1ccc2c(N3CCN(C(=O)[C@H](O)CC(=O)CC(C)(C)O)CC3)nc(-c3ccccc3O)nc2c1.